The number of rotatable bonds is 2. The van der Waals surface area contributed by atoms with Crippen LogP contribution in [0.5, 0.6) is 5.75 Å². The summed E-state index contributed by atoms with van der Waals surface area (Å²) in [4.78, 5) is 7.73. The fourth-order valence-corrected chi connectivity index (χ4v) is 0.647. The highest BCUT2D eigenvalue weighted by Crippen LogP contribution is 2.11. The van der Waals surface area contributed by atoms with E-state index in [1.807, 2.05) is 6.92 Å². The topological polar surface area (TPSA) is 55.2 Å². The average Bonchev–Trinajstić information content (AvgIpc) is 2.05. The highest BCUT2D eigenvalue weighted by molar-refractivity contribution is 5.10. The van der Waals surface area contributed by atoms with Crippen LogP contribution in [0, 0.1) is 0 Å². The SMILES string of the molecule is COC(C)c1ncc(O)cn1. The molecular formula is C7H10N2O2. The van der Waals surface area contributed by atoms with Crippen molar-refractivity contribution in [2.24, 2.45) is 0 Å². The Morgan fingerprint density at radius 1 is 1.45 bits per heavy atom. The Labute approximate surface area is 64.9 Å². The Bertz CT molecular complexity index is 222. The minimum absolute atomic E-state index is 0.0667. The lowest BCUT2D eigenvalue weighted by atomic mass is 10.4. The van der Waals surface area contributed by atoms with E-state index in [1.165, 1.54) is 12.4 Å². The number of aromatic hydroxyl groups is 1. The summed E-state index contributed by atoms with van der Waals surface area (Å²) >= 11 is 0. The van der Waals surface area contributed by atoms with Gasteiger partial charge in [-0.25, -0.2) is 9.97 Å². The summed E-state index contributed by atoms with van der Waals surface area (Å²) in [5, 5.41) is 8.85. The largest absolute Gasteiger partial charge is 0.505 e. The Morgan fingerprint density at radius 3 is 2.45 bits per heavy atom. The summed E-state index contributed by atoms with van der Waals surface area (Å²) in [5.74, 6) is 0.641. The second-order valence-electron chi connectivity index (χ2n) is 2.18. The number of nitrogens with zero attached hydrogens (tertiary/aromatic N) is 2. The number of ether oxygens (including phenoxy) is 1. The van der Waals surface area contributed by atoms with Crippen LogP contribution < -0.4 is 0 Å². The molecule has 60 valence electrons. The van der Waals surface area contributed by atoms with Gasteiger partial charge < -0.3 is 9.84 Å². The minimum atomic E-state index is -0.129. The van der Waals surface area contributed by atoms with Gasteiger partial charge in [0, 0.05) is 7.11 Å². The molecule has 0 aliphatic rings. The second-order valence-corrected chi connectivity index (χ2v) is 2.18. The molecule has 0 fully saturated rings. The van der Waals surface area contributed by atoms with Crippen molar-refractivity contribution >= 4 is 0 Å². The lowest BCUT2D eigenvalue weighted by Crippen LogP contribution is -2.01. The van der Waals surface area contributed by atoms with Crippen molar-refractivity contribution in [3.05, 3.63) is 18.2 Å². The zero-order valence-corrected chi connectivity index (χ0v) is 6.48. The van der Waals surface area contributed by atoms with E-state index in [2.05, 4.69) is 9.97 Å². The first-order valence-electron chi connectivity index (χ1n) is 3.27. The Hall–Kier alpha value is -1.16. The molecule has 0 radical (unpaired) electrons. The summed E-state index contributed by atoms with van der Waals surface area (Å²) in [7, 11) is 1.58. The maximum Gasteiger partial charge on any atom is 0.156 e. The molecule has 1 heterocycles. The number of methoxy groups -OCH3 is 1. The Morgan fingerprint density at radius 2 is 2.00 bits per heavy atom. The lowest BCUT2D eigenvalue weighted by Gasteiger charge is -2.05. The highest BCUT2D eigenvalue weighted by Gasteiger charge is 2.05. The van der Waals surface area contributed by atoms with E-state index in [-0.39, 0.29) is 11.9 Å². The van der Waals surface area contributed by atoms with E-state index in [0.29, 0.717) is 5.82 Å². The quantitative estimate of drug-likeness (QED) is 0.687. The van der Waals surface area contributed by atoms with E-state index in [1.54, 1.807) is 7.11 Å². The smallest absolute Gasteiger partial charge is 0.156 e. The van der Waals surface area contributed by atoms with Crippen LogP contribution in [-0.4, -0.2) is 22.2 Å². The van der Waals surface area contributed by atoms with Crippen molar-refractivity contribution in [2.45, 2.75) is 13.0 Å². The molecule has 1 atom stereocenters. The third-order valence-corrected chi connectivity index (χ3v) is 1.38. The molecule has 0 bridgehead atoms. The van der Waals surface area contributed by atoms with Crippen molar-refractivity contribution in [2.75, 3.05) is 7.11 Å². The lowest BCUT2D eigenvalue weighted by molar-refractivity contribution is 0.112. The molecule has 1 rings (SSSR count). The summed E-state index contributed by atoms with van der Waals surface area (Å²) in [6.07, 6.45) is 2.56. The maximum absolute atomic E-state index is 8.85. The predicted molar refractivity (Wildman–Crippen MR) is 39.1 cm³/mol. The predicted octanol–water partition coefficient (Wildman–Crippen LogP) is 0.890. The first-order chi connectivity index (χ1) is 5.24. The molecule has 0 aliphatic heterocycles. The zero-order chi connectivity index (χ0) is 8.27. The van der Waals surface area contributed by atoms with Crippen LogP contribution in [0.1, 0.15) is 18.9 Å². The van der Waals surface area contributed by atoms with Gasteiger partial charge in [0.05, 0.1) is 12.4 Å². The fraction of sp³-hybridized carbons (Fsp3) is 0.429. The van der Waals surface area contributed by atoms with Gasteiger partial charge in [-0.1, -0.05) is 0 Å². The molecule has 4 heteroatoms. The van der Waals surface area contributed by atoms with Crippen molar-refractivity contribution in [1.82, 2.24) is 9.97 Å². The summed E-state index contributed by atoms with van der Waals surface area (Å²) < 4.78 is 4.97. The zero-order valence-electron chi connectivity index (χ0n) is 6.48. The fourth-order valence-electron chi connectivity index (χ4n) is 0.647. The Kier molecular flexibility index (Phi) is 2.38. The third kappa shape index (κ3) is 1.88. The molecule has 1 aromatic heterocycles. The normalized spacial score (nSPS) is 12.9. The van der Waals surface area contributed by atoms with E-state index in [9.17, 15) is 0 Å². The molecule has 0 spiro atoms. The number of hydrogen-bond donors (Lipinski definition) is 1. The highest BCUT2D eigenvalue weighted by atomic mass is 16.5. The van der Waals surface area contributed by atoms with Crippen LogP contribution in [-0.2, 0) is 4.74 Å². The van der Waals surface area contributed by atoms with Gasteiger partial charge in [-0.2, -0.15) is 0 Å². The molecule has 0 saturated carbocycles. The Balaban J connectivity index is 2.81. The summed E-state index contributed by atoms with van der Waals surface area (Å²) in [6, 6.07) is 0. The van der Waals surface area contributed by atoms with Gasteiger partial charge in [-0.15, -0.1) is 0 Å². The van der Waals surface area contributed by atoms with Crippen molar-refractivity contribution in [3.8, 4) is 5.75 Å². The average molecular weight is 154 g/mol. The van der Waals surface area contributed by atoms with E-state index < -0.39 is 0 Å². The van der Waals surface area contributed by atoms with Gasteiger partial charge in [0.25, 0.3) is 0 Å². The third-order valence-electron chi connectivity index (χ3n) is 1.38. The van der Waals surface area contributed by atoms with Crippen molar-refractivity contribution < 1.29 is 9.84 Å². The van der Waals surface area contributed by atoms with Crippen LogP contribution in [0.25, 0.3) is 0 Å². The van der Waals surface area contributed by atoms with E-state index in [0.717, 1.165) is 0 Å². The molecule has 0 aliphatic carbocycles. The molecular weight excluding hydrogens is 144 g/mol. The van der Waals surface area contributed by atoms with Gasteiger partial charge >= 0.3 is 0 Å². The van der Waals surface area contributed by atoms with Gasteiger partial charge in [0.2, 0.25) is 0 Å². The maximum atomic E-state index is 8.85. The number of hydrogen-bond acceptors (Lipinski definition) is 4. The summed E-state index contributed by atoms with van der Waals surface area (Å²) in [5.41, 5.74) is 0. The molecule has 0 aromatic carbocycles. The second kappa shape index (κ2) is 3.30. The standard InChI is InChI=1S/C7H10N2O2/c1-5(11-2)7-8-3-6(10)4-9-7/h3-5,10H,1-2H3. The van der Waals surface area contributed by atoms with Crippen LogP contribution in [0.4, 0.5) is 0 Å². The van der Waals surface area contributed by atoms with Gasteiger partial charge in [-0.3, -0.25) is 0 Å². The van der Waals surface area contributed by atoms with Crippen LogP contribution >= 0.6 is 0 Å². The molecule has 0 saturated heterocycles. The van der Waals surface area contributed by atoms with Gasteiger partial charge in [0.15, 0.2) is 11.6 Å². The molecule has 1 N–H and O–H groups in total. The van der Waals surface area contributed by atoms with Gasteiger partial charge in [-0.05, 0) is 6.92 Å². The van der Waals surface area contributed by atoms with E-state index in [4.69, 9.17) is 9.84 Å². The molecule has 0 amide bonds. The summed E-state index contributed by atoms with van der Waals surface area (Å²) in [6.45, 7) is 1.84. The van der Waals surface area contributed by atoms with Crippen LogP contribution in [0.3, 0.4) is 0 Å². The molecule has 1 unspecified atom stereocenters. The molecule has 1 aromatic rings. The van der Waals surface area contributed by atoms with Crippen LogP contribution in [0.2, 0.25) is 0 Å². The first kappa shape index (κ1) is 7.94. The van der Waals surface area contributed by atoms with E-state index >= 15 is 0 Å². The molecule has 11 heavy (non-hydrogen) atoms. The molecule has 4 nitrogen and oxygen atoms in total. The number of aromatic nitrogens is 2. The van der Waals surface area contributed by atoms with Crippen molar-refractivity contribution in [3.63, 3.8) is 0 Å². The van der Waals surface area contributed by atoms with Gasteiger partial charge in [0.1, 0.15) is 6.10 Å². The monoisotopic (exact) mass is 154 g/mol. The van der Waals surface area contributed by atoms with Crippen LogP contribution in [0.15, 0.2) is 12.4 Å². The minimum Gasteiger partial charge on any atom is -0.505 e. The van der Waals surface area contributed by atoms with Crippen molar-refractivity contribution in [1.29, 1.82) is 0 Å². The first-order valence-corrected chi connectivity index (χ1v) is 3.27.